The monoisotopic (exact) mass is 704 g/mol. The molecule has 194 valence electrons. The van der Waals surface area contributed by atoms with Crippen LogP contribution in [0, 0.1) is 11.9 Å². The molecular formula is C26H6F2N2S10. The van der Waals surface area contributed by atoms with Crippen LogP contribution >= 0.6 is 113 Å². The van der Waals surface area contributed by atoms with Gasteiger partial charge in [-0.3, -0.25) is 0 Å². The van der Waals surface area contributed by atoms with Gasteiger partial charge in [0.2, 0.25) is 11.9 Å². The zero-order valence-electron chi connectivity index (χ0n) is 19.2. The van der Waals surface area contributed by atoms with Crippen molar-refractivity contribution in [2.45, 2.75) is 0 Å². The van der Waals surface area contributed by atoms with Gasteiger partial charge in [0.25, 0.3) is 0 Å². The lowest BCUT2D eigenvalue weighted by atomic mass is 10.4. The van der Waals surface area contributed by atoms with Crippen molar-refractivity contribution < 1.29 is 8.78 Å². The Balaban J connectivity index is 1.04. The van der Waals surface area contributed by atoms with E-state index in [9.17, 15) is 0 Å². The number of halogens is 2. The average molecular weight is 705 g/mol. The molecule has 0 saturated carbocycles. The minimum absolute atomic E-state index is 0.417. The SMILES string of the molecule is Fc1nc(-c2nc(F)c(-c3cc4sc5c6sccc6sc5c4s3)s2)sc1-c1cc2sc3c4sccc4sc3c2s1. The Labute approximate surface area is 262 Å². The van der Waals surface area contributed by atoms with Gasteiger partial charge in [-0.15, -0.1) is 113 Å². The lowest BCUT2D eigenvalue weighted by molar-refractivity contribution is 0.592. The average Bonchev–Trinajstić information content (AvgIpc) is 3.73. The molecule has 10 heterocycles. The van der Waals surface area contributed by atoms with E-state index in [1.807, 2.05) is 0 Å². The molecule has 14 heteroatoms. The fraction of sp³-hybridized carbons (Fsp3) is 0. The number of aromatic nitrogens is 2. The van der Waals surface area contributed by atoms with Crippen molar-refractivity contribution in [2.24, 2.45) is 0 Å². The predicted octanol–water partition coefficient (Wildman–Crippen LogP) is 13.3. The van der Waals surface area contributed by atoms with E-state index >= 15 is 8.78 Å². The number of rotatable bonds is 3. The molecule has 0 N–H and O–H groups in total. The molecule has 0 unspecified atom stereocenters. The van der Waals surface area contributed by atoms with Crippen LogP contribution < -0.4 is 0 Å². The molecule has 0 spiro atoms. The number of hydrogen-bond acceptors (Lipinski definition) is 12. The third kappa shape index (κ3) is 3.23. The largest absolute Gasteiger partial charge is 0.233 e. The van der Waals surface area contributed by atoms with Crippen molar-refractivity contribution >= 4 is 170 Å². The van der Waals surface area contributed by atoms with E-state index < -0.39 is 11.9 Å². The van der Waals surface area contributed by atoms with Crippen molar-refractivity contribution in [3.63, 3.8) is 0 Å². The smallest absolute Gasteiger partial charge is 0.205 e. The van der Waals surface area contributed by atoms with E-state index in [1.54, 1.807) is 90.7 Å². The van der Waals surface area contributed by atoms with Crippen LogP contribution in [-0.2, 0) is 0 Å². The van der Waals surface area contributed by atoms with Crippen molar-refractivity contribution in [2.75, 3.05) is 0 Å². The van der Waals surface area contributed by atoms with Crippen LogP contribution in [0.2, 0.25) is 0 Å². The maximum atomic E-state index is 15.2. The first-order chi connectivity index (χ1) is 19.6. The van der Waals surface area contributed by atoms with Crippen molar-refractivity contribution in [1.82, 2.24) is 9.97 Å². The number of thiazole rings is 2. The molecule has 0 fully saturated rings. The Bertz CT molecular complexity index is 2420. The number of nitrogens with zero attached hydrogens (tertiary/aromatic N) is 2. The Morgan fingerprint density at radius 1 is 0.450 bits per heavy atom. The standard InChI is InChI=1S/C26H6F2N2S10/c27-23-17(11-5-9-15(35-11)21-19(37-9)13-7(33-21)1-3-31-13)39-25(29-23)26-30-24(28)18(40-26)12-6-10-16(36-12)22-20(38-10)14-8(34-22)2-4-32-14/h1-6H. The van der Waals surface area contributed by atoms with Gasteiger partial charge in [0, 0.05) is 18.8 Å². The molecule has 40 heavy (non-hydrogen) atoms. The normalized spacial score (nSPS) is 12.8. The summed E-state index contributed by atoms with van der Waals surface area (Å²) in [6, 6.07) is 8.47. The summed E-state index contributed by atoms with van der Waals surface area (Å²) >= 11 is 16.4. The van der Waals surface area contributed by atoms with E-state index in [0.29, 0.717) is 19.8 Å². The van der Waals surface area contributed by atoms with E-state index in [-0.39, 0.29) is 0 Å². The van der Waals surface area contributed by atoms with Crippen LogP contribution in [0.4, 0.5) is 8.78 Å². The van der Waals surface area contributed by atoms with E-state index in [0.717, 1.165) is 9.75 Å². The van der Waals surface area contributed by atoms with Gasteiger partial charge in [0.15, 0.2) is 10.0 Å². The van der Waals surface area contributed by atoms with E-state index in [2.05, 4.69) is 45.0 Å². The molecule has 0 bridgehead atoms. The zero-order chi connectivity index (χ0) is 26.3. The molecule has 0 aliphatic carbocycles. The van der Waals surface area contributed by atoms with Crippen molar-refractivity contribution in [1.29, 1.82) is 0 Å². The molecule has 0 amide bonds. The molecule has 0 atom stereocenters. The Kier molecular flexibility index (Phi) is 5.02. The lowest BCUT2D eigenvalue weighted by Crippen LogP contribution is -1.78. The van der Waals surface area contributed by atoms with Gasteiger partial charge in [0.05, 0.1) is 47.4 Å². The first kappa shape index (κ1) is 23.8. The molecule has 10 aromatic heterocycles. The molecular weight excluding hydrogens is 699 g/mol. The van der Waals surface area contributed by atoms with Gasteiger partial charge >= 0.3 is 0 Å². The highest BCUT2D eigenvalue weighted by Crippen LogP contribution is 2.53. The highest BCUT2D eigenvalue weighted by molar-refractivity contribution is 7.46. The lowest BCUT2D eigenvalue weighted by Gasteiger charge is -1.89. The van der Waals surface area contributed by atoms with Gasteiger partial charge in [-0.25, -0.2) is 9.97 Å². The molecule has 10 aromatic rings. The maximum absolute atomic E-state index is 15.2. The fourth-order valence-electron chi connectivity index (χ4n) is 4.84. The summed E-state index contributed by atoms with van der Waals surface area (Å²) in [5.74, 6) is -1.04. The van der Waals surface area contributed by atoms with Crippen LogP contribution in [0.5, 0.6) is 0 Å². The summed E-state index contributed by atoms with van der Waals surface area (Å²) in [4.78, 5) is 11.1. The third-order valence-corrected chi connectivity index (χ3v) is 19.2. The quantitative estimate of drug-likeness (QED) is 0.183. The first-order valence-electron chi connectivity index (χ1n) is 11.6. The third-order valence-electron chi connectivity index (χ3n) is 6.54. The van der Waals surface area contributed by atoms with E-state index in [4.69, 9.17) is 0 Å². The van der Waals surface area contributed by atoms with Gasteiger partial charge in [0.1, 0.15) is 9.75 Å². The Hall–Kier alpha value is -1.72. The Morgan fingerprint density at radius 3 is 1.35 bits per heavy atom. The molecule has 0 radical (unpaired) electrons. The summed E-state index contributed by atoms with van der Waals surface area (Å²) in [6.07, 6.45) is 0. The van der Waals surface area contributed by atoms with Gasteiger partial charge in [-0.2, -0.15) is 8.78 Å². The van der Waals surface area contributed by atoms with Crippen LogP contribution in [0.25, 0.3) is 85.9 Å². The summed E-state index contributed by atoms with van der Waals surface area (Å²) < 4.78 is 45.6. The Morgan fingerprint density at radius 2 is 0.875 bits per heavy atom. The predicted molar refractivity (Wildman–Crippen MR) is 182 cm³/mol. The highest BCUT2D eigenvalue weighted by atomic mass is 32.1. The molecule has 0 saturated heterocycles. The van der Waals surface area contributed by atoms with Gasteiger partial charge in [-0.1, -0.05) is 0 Å². The second-order valence-electron chi connectivity index (χ2n) is 8.84. The second-order valence-corrected chi connectivity index (χ2v) is 19.0. The van der Waals surface area contributed by atoms with Crippen LogP contribution in [-0.4, -0.2) is 9.97 Å². The minimum Gasteiger partial charge on any atom is -0.205 e. The molecule has 0 aromatic carbocycles. The van der Waals surface area contributed by atoms with Gasteiger partial charge < -0.3 is 0 Å². The minimum atomic E-state index is -0.522. The summed E-state index contributed by atoms with van der Waals surface area (Å²) in [5, 5.41) is 5.10. The van der Waals surface area contributed by atoms with Crippen LogP contribution in [0.3, 0.4) is 0 Å². The summed E-state index contributed by atoms with van der Waals surface area (Å²) in [5.41, 5.74) is 0. The second kappa shape index (κ2) is 8.43. The number of fused-ring (bicyclic) bond motifs is 10. The number of hydrogen-bond donors (Lipinski definition) is 0. The maximum Gasteiger partial charge on any atom is 0.233 e. The summed E-state index contributed by atoms with van der Waals surface area (Å²) in [6.45, 7) is 0. The number of thiophene rings is 8. The van der Waals surface area contributed by atoms with Crippen molar-refractivity contribution in [3.8, 4) is 29.5 Å². The fourth-order valence-corrected chi connectivity index (χ4v) is 17.7. The topological polar surface area (TPSA) is 25.8 Å². The molecule has 0 aliphatic heterocycles. The molecule has 0 aliphatic rings. The highest BCUT2D eigenvalue weighted by Gasteiger charge is 2.24. The van der Waals surface area contributed by atoms with Crippen LogP contribution in [0.1, 0.15) is 0 Å². The van der Waals surface area contributed by atoms with Gasteiger partial charge in [-0.05, 0) is 35.0 Å². The van der Waals surface area contributed by atoms with Crippen LogP contribution in [0.15, 0.2) is 35.0 Å². The molecule has 2 nitrogen and oxygen atoms in total. The van der Waals surface area contributed by atoms with Crippen molar-refractivity contribution in [3.05, 3.63) is 46.9 Å². The summed E-state index contributed by atoms with van der Waals surface area (Å²) in [7, 11) is 0. The zero-order valence-corrected chi connectivity index (χ0v) is 27.4. The van der Waals surface area contributed by atoms with E-state index in [1.165, 1.54) is 79.1 Å². The molecule has 10 rings (SSSR count). The first-order valence-corrected chi connectivity index (χ1v) is 19.9.